The number of thiophene rings is 1. The van der Waals surface area contributed by atoms with E-state index in [0.29, 0.717) is 23.7 Å². The van der Waals surface area contributed by atoms with Gasteiger partial charge in [0.05, 0.1) is 0 Å². The van der Waals surface area contributed by atoms with Gasteiger partial charge in [0, 0.05) is 29.9 Å². The Labute approximate surface area is 123 Å². The Morgan fingerprint density at radius 1 is 1.35 bits per heavy atom. The molecular weight excluding hydrogens is 296 g/mol. The number of hydrogen-bond donors (Lipinski definition) is 1. The van der Waals surface area contributed by atoms with Crippen LogP contribution in [-0.4, -0.2) is 38.4 Å². The van der Waals surface area contributed by atoms with Crippen LogP contribution in [0.4, 0.5) is 0 Å². The lowest BCUT2D eigenvalue weighted by Crippen LogP contribution is -2.38. The highest BCUT2D eigenvalue weighted by Gasteiger charge is 2.37. The number of aryl methyl sites for hydroxylation is 1. The number of hydrogen-bond acceptors (Lipinski definition) is 4. The van der Waals surface area contributed by atoms with Crippen molar-refractivity contribution in [1.29, 1.82) is 0 Å². The molecule has 1 aromatic rings. The van der Waals surface area contributed by atoms with E-state index >= 15 is 0 Å². The summed E-state index contributed by atoms with van der Waals surface area (Å²) in [6.07, 6.45) is 2.67. The molecule has 1 saturated carbocycles. The fourth-order valence-electron chi connectivity index (χ4n) is 2.48. The van der Waals surface area contributed by atoms with Crippen LogP contribution in [0.25, 0.3) is 0 Å². The summed E-state index contributed by atoms with van der Waals surface area (Å²) in [5.74, 6) is 0.393. The van der Waals surface area contributed by atoms with Gasteiger partial charge in [-0.15, -0.1) is 11.3 Å². The van der Waals surface area contributed by atoms with Crippen LogP contribution in [0.3, 0.4) is 0 Å². The normalized spacial score (nSPS) is 23.2. The summed E-state index contributed by atoms with van der Waals surface area (Å²) in [4.78, 5) is 14.7. The van der Waals surface area contributed by atoms with Crippen molar-refractivity contribution in [2.75, 3.05) is 13.1 Å². The van der Waals surface area contributed by atoms with Crippen LogP contribution in [0.1, 0.15) is 24.1 Å². The smallest absolute Gasteiger partial charge is 0.250 e. The molecule has 0 aromatic carbocycles. The number of sulfonamides is 1. The molecule has 2 heterocycles. The minimum atomic E-state index is -3.45. The van der Waals surface area contributed by atoms with Crippen molar-refractivity contribution < 1.29 is 13.2 Å². The Hall–Kier alpha value is -0.920. The number of carbonyl (C=O) groups is 1. The fraction of sp³-hybridized carbons (Fsp3) is 0.615. The van der Waals surface area contributed by atoms with Gasteiger partial charge < -0.3 is 4.90 Å². The third-order valence-electron chi connectivity index (χ3n) is 3.73. The van der Waals surface area contributed by atoms with E-state index in [2.05, 4.69) is 4.72 Å². The van der Waals surface area contributed by atoms with E-state index in [1.807, 2.05) is 6.92 Å². The van der Waals surface area contributed by atoms with E-state index in [4.69, 9.17) is 0 Å². The Balaban J connectivity index is 1.62. The maximum atomic E-state index is 12.2. The number of likely N-dealkylation sites (tertiary alicyclic amines) is 1. The molecule has 1 atom stereocenters. The molecule has 7 heteroatoms. The Kier molecular flexibility index (Phi) is 3.60. The summed E-state index contributed by atoms with van der Waals surface area (Å²) < 4.78 is 27.5. The van der Waals surface area contributed by atoms with Crippen LogP contribution in [0.5, 0.6) is 0 Å². The van der Waals surface area contributed by atoms with E-state index in [0.717, 1.165) is 17.7 Å². The van der Waals surface area contributed by atoms with Crippen molar-refractivity contribution in [3.05, 3.63) is 17.0 Å². The first kappa shape index (κ1) is 14.0. The SMILES string of the molecule is Cc1ccc(S(=O)(=O)NC2CCN(C(=O)C3CC3)C2)s1. The molecule has 5 nitrogen and oxygen atoms in total. The fourth-order valence-corrected chi connectivity index (χ4v) is 5.04. The van der Waals surface area contributed by atoms with E-state index in [1.165, 1.54) is 11.3 Å². The molecule has 110 valence electrons. The van der Waals surface area contributed by atoms with E-state index in [1.54, 1.807) is 17.0 Å². The average Bonchev–Trinajstić information content (AvgIpc) is 2.98. The molecule has 0 radical (unpaired) electrons. The third kappa shape index (κ3) is 2.89. The van der Waals surface area contributed by atoms with Crippen molar-refractivity contribution in [1.82, 2.24) is 9.62 Å². The summed E-state index contributed by atoms with van der Waals surface area (Å²) in [6.45, 7) is 3.04. The standard InChI is InChI=1S/C13H18N2O3S2/c1-9-2-5-12(19-9)20(17,18)14-11-6-7-15(8-11)13(16)10-3-4-10/h2,5,10-11,14H,3-4,6-8H2,1H3. The molecule has 0 spiro atoms. The first-order valence-corrected chi connectivity index (χ1v) is 9.13. The lowest BCUT2D eigenvalue weighted by Gasteiger charge is -2.16. The van der Waals surface area contributed by atoms with Crippen LogP contribution in [-0.2, 0) is 14.8 Å². The van der Waals surface area contributed by atoms with Crippen LogP contribution < -0.4 is 4.72 Å². The lowest BCUT2D eigenvalue weighted by molar-refractivity contribution is -0.131. The third-order valence-corrected chi connectivity index (χ3v) is 6.74. The largest absolute Gasteiger partial charge is 0.341 e. The van der Waals surface area contributed by atoms with Gasteiger partial charge in [0.15, 0.2) is 0 Å². The molecule has 1 unspecified atom stereocenters. The molecule has 2 fully saturated rings. The molecular formula is C13H18N2O3S2. The number of rotatable bonds is 4. The monoisotopic (exact) mass is 314 g/mol. The topological polar surface area (TPSA) is 66.5 Å². The predicted octanol–water partition coefficient (Wildman–Crippen LogP) is 1.35. The lowest BCUT2D eigenvalue weighted by atomic mass is 10.3. The van der Waals surface area contributed by atoms with Crippen molar-refractivity contribution >= 4 is 27.3 Å². The average molecular weight is 314 g/mol. The Bertz CT molecular complexity index is 619. The molecule has 2 aliphatic rings. The van der Waals surface area contributed by atoms with Gasteiger partial charge in [0.25, 0.3) is 0 Å². The minimum absolute atomic E-state index is 0.162. The molecule has 3 rings (SSSR count). The van der Waals surface area contributed by atoms with Gasteiger partial charge in [-0.3, -0.25) is 4.79 Å². The number of nitrogens with one attached hydrogen (secondary N) is 1. The van der Waals surface area contributed by atoms with Crippen LogP contribution in [0.2, 0.25) is 0 Å². The van der Waals surface area contributed by atoms with Gasteiger partial charge in [0.2, 0.25) is 15.9 Å². The maximum Gasteiger partial charge on any atom is 0.250 e. The van der Waals surface area contributed by atoms with Crippen molar-refractivity contribution in [3.8, 4) is 0 Å². The van der Waals surface area contributed by atoms with Gasteiger partial charge >= 0.3 is 0 Å². The first-order chi connectivity index (χ1) is 9.45. The highest BCUT2D eigenvalue weighted by molar-refractivity contribution is 7.91. The quantitative estimate of drug-likeness (QED) is 0.912. The van der Waals surface area contributed by atoms with E-state index < -0.39 is 10.0 Å². The van der Waals surface area contributed by atoms with Crippen molar-refractivity contribution in [3.63, 3.8) is 0 Å². The molecule has 1 saturated heterocycles. The second-order valence-corrected chi connectivity index (χ2v) is 8.76. The maximum absolute atomic E-state index is 12.2. The minimum Gasteiger partial charge on any atom is -0.341 e. The van der Waals surface area contributed by atoms with Gasteiger partial charge in [-0.1, -0.05) is 0 Å². The first-order valence-electron chi connectivity index (χ1n) is 6.83. The molecule has 1 aliphatic carbocycles. The van der Waals surface area contributed by atoms with Gasteiger partial charge in [0.1, 0.15) is 4.21 Å². The highest BCUT2D eigenvalue weighted by Crippen LogP contribution is 2.32. The van der Waals surface area contributed by atoms with E-state index in [-0.39, 0.29) is 17.9 Å². The summed E-state index contributed by atoms with van der Waals surface area (Å²) in [5, 5.41) is 0. The summed E-state index contributed by atoms with van der Waals surface area (Å²) in [7, 11) is -3.45. The second kappa shape index (κ2) is 5.13. The number of carbonyl (C=O) groups excluding carboxylic acids is 1. The Morgan fingerprint density at radius 2 is 2.10 bits per heavy atom. The van der Waals surface area contributed by atoms with Crippen molar-refractivity contribution in [2.45, 2.75) is 36.4 Å². The second-order valence-electron chi connectivity index (χ2n) is 5.53. The molecule has 1 aliphatic heterocycles. The van der Waals surface area contributed by atoms with Crippen LogP contribution in [0.15, 0.2) is 16.3 Å². The zero-order valence-corrected chi connectivity index (χ0v) is 13.0. The summed E-state index contributed by atoms with van der Waals surface area (Å²) >= 11 is 1.27. The molecule has 1 aromatic heterocycles. The predicted molar refractivity (Wildman–Crippen MR) is 77.1 cm³/mol. The molecule has 1 amide bonds. The Morgan fingerprint density at radius 3 is 2.70 bits per heavy atom. The van der Waals surface area contributed by atoms with Gasteiger partial charge in [-0.2, -0.15) is 0 Å². The number of amides is 1. The van der Waals surface area contributed by atoms with Crippen LogP contribution >= 0.6 is 11.3 Å². The van der Waals surface area contributed by atoms with Gasteiger partial charge in [-0.25, -0.2) is 13.1 Å². The zero-order chi connectivity index (χ0) is 14.3. The zero-order valence-electron chi connectivity index (χ0n) is 11.3. The summed E-state index contributed by atoms with van der Waals surface area (Å²) in [5.41, 5.74) is 0. The highest BCUT2D eigenvalue weighted by atomic mass is 32.2. The van der Waals surface area contributed by atoms with Gasteiger partial charge in [-0.05, 0) is 38.3 Å². The van der Waals surface area contributed by atoms with E-state index in [9.17, 15) is 13.2 Å². The number of nitrogens with zero attached hydrogens (tertiary/aromatic N) is 1. The van der Waals surface area contributed by atoms with Crippen molar-refractivity contribution in [2.24, 2.45) is 5.92 Å². The van der Waals surface area contributed by atoms with Crippen LogP contribution in [0, 0.1) is 12.8 Å². The molecule has 1 N–H and O–H groups in total. The summed E-state index contributed by atoms with van der Waals surface area (Å²) in [6, 6.07) is 3.27. The molecule has 20 heavy (non-hydrogen) atoms. The molecule has 0 bridgehead atoms.